The Balaban J connectivity index is 1.51. The molecule has 0 bridgehead atoms. The summed E-state index contributed by atoms with van der Waals surface area (Å²) in [6.45, 7) is 3.68. The van der Waals surface area contributed by atoms with Crippen LogP contribution in [-0.2, 0) is 19.1 Å². The average molecular weight is 478 g/mol. The number of hydrogen-bond donors (Lipinski definition) is 2. The van der Waals surface area contributed by atoms with Gasteiger partial charge in [-0.25, -0.2) is 0 Å². The molecule has 0 unspecified atom stereocenters. The van der Waals surface area contributed by atoms with E-state index in [0.717, 1.165) is 11.3 Å². The first-order valence-electron chi connectivity index (χ1n) is 10.3. The van der Waals surface area contributed by atoms with Gasteiger partial charge in [-0.05, 0) is 42.8 Å². The van der Waals surface area contributed by atoms with Gasteiger partial charge in [-0.1, -0.05) is 11.6 Å². The number of benzene rings is 1. The summed E-state index contributed by atoms with van der Waals surface area (Å²) in [5.74, 6) is -0.726. The van der Waals surface area contributed by atoms with Crippen LogP contribution in [0.1, 0.15) is 28.1 Å². The predicted molar refractivity (Wildman–Crippen MR) is 123 cm³/mol. The number of thiophene rings is 1. The second-order valence-electron chi connectivity index (χ2n) is 7.81. The lowest BCUT2D eigenvalue weighted by Crippen LogP contribution is -2.59. The number of hydrogen-bond acceptors (Lipinski definition) is 6. The zero-order chi connectivity index (χ0) is 22.7. The van der Waals surface area contributed by atoms with Gasteiger partial charge in [-0.3, -0.25) is 14.4 Å². The number of nitrogens with zero attached hydrogens (tertiary/aromatic N) is 1. The Bertz CT molecular complexity index is 1030. The molecule has 2 aromatic rings. The van der Waals surface area contributed by atoms with Gasteiger partial charge in [-0.2, -0.15) is 0 Å². The molecule has 2 fully saturated rings. The van der Waals surface area contributed by atoms with E-state index in [2.05, 4.69) is 10.6 Å². The molecular formula is C22H24ClN3O5S. The fraction of sp³-hybridized carbons (Fsp3) is 0.409. The highest BCUT2D eigenvalue weighted by Gasteiger charge is 2.42. The van der Waals surface area contributed by atoms with Crippen molar-refractivity contribution >= 4 is 52.0 Å². The van der Waals surface area contributed by atoms with E-state index >= 15 is 0 Å². The summed E-state index contributed by atoms with van der Waals surface area (Å²) in [5.41, 5.74) is 1.16. The number of rotatable bonds is 5. The molecule has 0 aliphatic carbocycles. The molecule has 32 heavy (non-hydrogen) atoms. The number of amides is 3. The Morgan fingerprint density at radius 3 is 2.56 bits per heavy atom. The largest absolute Gasteiger partial charge is 0.381 e. The molecule has 1 aromatic carbocycles. The van der Waals surface area contributed by atoms with Crippen molar-refractivity contribution in [2.45, 2.75) is 25.3 Å². The van der Waals surface area contributed by atoms with Crippen LogP contribution in [0.3, 0.4) is 0 Å². The van der Waals surface area contributed by atoms with Gasteiger partial charge in [0.05, 0.1) is 15.8 Å². The summed E-state index contributed by atoms with van der Waals surface area (Å²) in [5, 5.41) is 5.86. The van der Waals surface area contributed by atoms with E-state index in [1.54, 1.807) is 23.1 Å². The minimum Gasteiger partial charge on any atom is -0.381 e. The van der Waals surface area contributed by atoms with Crippen LogP contribution in [0.15, 0.2) is 30.3 Å². The number of carbonyl (C=O) groups excluding carboxylic acids is 3. The summed E-state index contributed by atoms with van der Waals surface area (Å²) in [6, 6.07) is 8.70. The molecule has 2 N–H and O–H groups in total. The van der Waals surface area contributed by atoms with Crippen molar-refractivity contribution in [1.82, 2.24) is 5.32 Å². The van der Waals surface area contributed by atoms with Gasteiger partial charge >= 0.3 is 0 Å². The molecule has 2 aliphatic heterocycles. The van der Waals surface area contributed by atoms with Crippen LogP contribution in [0.4, 0.5) is 11.4 Å². The number of anilines is 2. The lowest BCUT2D eigenvalue weighted by atomic mass is 9.88. The monoisotopic (exact) mass is 477 g/mol. The molecule has 1 aromatic heterocycles. The molecule has 0 radical (unpaired) electrons. The fourth-order valence-corrected chi connectivity index (χ4v) is 4.84. The van der Waals surface area contributed by atoms with Crippen molar-refractivity contribution in [1.29, 1.82) is 0 Å². The molecule has 0 spiro atoms. The second-order valence-corrected chi connectivity index (χ2v) is 9.52. The maximum Gasteiger partial charge on any atom is 0.262 e. The Hall–Kier alpha value is -2.46. The number of carbonyl (C=O) groups is 3. The first-order chi connectivity index (χ1) is 15.4. The molecule has 8 nitrogen and oxygen atoms in total. The Morgan fingerprint density at radius 1 is 1.12 bits per heavy atom. The van der Waals surface area contributed by atoms with Gasteiger partial charge in [-0.15, -0.1) is 11.3 Å². The predicted octanol–water partition coefficient (Wildman–Crippen LogP) is 2.99. The standard InChI is InChI=1S/C22H24ClN3O5S/c1-14-12-15(2-3-16(14)26-8-11-31-13-19(26)27)24-21(29)22(6-9-30-10-7-22)25-20(28)17-4-5-18(23)32-17/h2-5,12H,6-11,13H2,1H3,(H,24,29)(H,25,28). The molecule has 170 valence electrons. The Morgan fingerprint density at radius 2 is 1.91 bits per heavy atom. The van der Waals surface area contributed by atoms with Gasteiger partial charge in [0.15, 0.2) is 0 Å². The van der Waals surface area contributed by atoms with Crippen molar-refractivity contribution in [2.24, 2.45) is 0 Å². The molecule has 2 aliphatic rings. The van der Waals surface area contributed by atoms with Crippen molar-refractivity contribution in [3.63, 3.8) is 0 Å². The fourth-order valence-electron chi connectivity index (χ4n) is 3.90. The first kappa shape index (κ1) is 22.7. The third-order valence-electron chi connectivity index (χ3n) is 5.66. The summed E-state index contributed by atoms with van der Waals surface area (Å²) in [7, 11) is 0. The molecule has 0 atom stereocenters. The van der Waals surface area contributed by atoms with Gasteiger partial charge in [0, 0.05) is 44.0 Å². The van der Waals surface area contributed by atoms with E-state index in [9.17, 15) is 14.4 Å². The zero-order valence-corrected chi connectivity index (χ0v) is 19.2. The molecule has 3 amide bonds. The Kier molecular flexibility index (Phi) is 6.80. The lowest BCUT2D eigenvalue weighted by Gasteiger charge is -2.36. The molecule has 0 saturated carbocycles. The van der Waals surface area contributed by atoms with Crippen LogP contribution in [0.25, 0.3) is 0 Å². The average Bonchev–Trinajstić information content (AvgIpc) is 3.22. The minimum atomic E-state index is -1.08. The van der Waals surface area contributed by atoms with E-state index in [1.807, 2.05) is 19.1 Å². The van der Waals surface area contributed by atoms with Crippen molar-refractivity contribution in [2.75, 3.05) is 43.2 Å². The number of ether oxygens (including phenoxy) is 2. The third-order valence-corrected chi connectivity index (χ3v) is 6.89. The zero-order valence-electron chi connectivity index (χ0n) is 17.6. The van der Waals surface area contributed by atoms with E-state index in [1.165, 1.54) is 11.3 Å². The molecular weight excluding hydrogens is 454 g/mol. The second kappa shape index (κ2) is 9.58. The minimum absolute atomic E-state index is 0.0671. The van der Waals surface area contributed by atoms with E-state index < -0.39 is 5.54 Å². The summed E-state index contributed by atoms with van der Waals surface area (Å²) in [4.78, 5) is 40.4. The lowest BCUT2D eigenvalue weighted by molar-refractivity contribution is -0.126. The first-order valence-corrected chi connectivity index (χ1v) is 11.5. The number of nitrogens with one attached hydrogen (secondary N) is 2. The van der Waals surface area contributed by atoms with Gasteiger partial charge in [0.1, 0.15) is 12.1 Å². The highest BCUT2D eigenvalue weighted by atomic mass is 35.5. The molecule has 2 saturated heterocycles. The van der Waals surface area contributed by atoms with Crippen molar-refractivity contribution < 1.29 is 23.9 Å². The number of halogens is 1. The SMILES string of the molecule is Cc1cc(NC(=O)C2(NC(=O)c3ccc(Cl)s3)CCOCC2)ccc1N1CCOCC1=O. The summed E-state index contributed by atoms with van der Waals surface area (Å²) in [6.07, 6.45) is 0.728. The van der Waals surface area contributed by atoms with Crippen molar-refractivity contribution in [3.8, 4) is 0 Å². The van der Waals surface area contributed by atoms with Crippen LogP contribution in [-0.4, -0.2) is 56.2 Å². The van der Waals surface area contributed by atoms with Crippen LogP contribution < -0.4 is 15.5 Å². The summed E-state index contributed by atoms with van der Waals surface area (Å²) >= 11 is 7.12. The third kappa shape index (κ3) is 4.80. The maximum absolute atomic E-state index is 13.3. The number of aryl methyl sites for hydroxylation is 1. The van der Waals surface area contributed by atoms with E-state index in [4.69, 9.17) is 21.1 Å². The van der Waals surface area contributed by atoms with Gasteiger partial charge < -0.3 is 25.0 Å². The highest BCUT2D eigenvalue weighted by Crippen LogP contribution is 2.29. The van der Waals surface area contributed by atoms with Gasteiger partial charge in [0.25, 0.3) is 11.8 Å². The van der Waals surface area contributed by atoms with Gasteiger partial charge in [0.2, 0.25) is 5.91 Å². The van der Waals surface area contributed by atoms with Crippen molar-refractivity contribution in [3.05, 3.63) is 45.1 Å². The smallest absolute Gasteiger partial charge is 0.262 e. The van der Waals surface area contributed by atoms with Crippen LogP contribution in [0.2, 0.25) is 4.34 Å². The normalized spacial score (nSPS) is 18.3. The Labute approximate surface area is 194 Å². The van der Waals surface area contributed by atoms with Crippen LogP contribution in [0.5, 0.6) is 0 Å². The highest BCUT2D eigenvalue weighted by molar-refractivity contribution is 7.18. The molecule has 10 heteroatoms. The molecule has 4 rings (SSSR count). The summed E-state index contributed by atoms with van der Waals surface area (Å²) < 4.78 is 11.1. The van der Waals surface area contributed by atoms with Crippen LogP contribution in [0, 0.1) is 6.92 Å². The number of morpholine rings is 1. The topological polar surface area (TPSA) is 97.0 Å². The molecule has 3 heterocycles. The van der Waals surface area contributed by atoms with Crippen LogP contribution >= 0.6 is 22.9 Å². The van der Waals surface area contributed by atoms with E-state index in [0.29, 0.717) is 54.1 Å². The quantitative estimate of drug-likeness (QED) is 0.690. The van der Waals surface area contributed by atoms with E-state index in [-0.39, 0.29) is 24.3 Å². The maximum atomic E-state index is 13.3.